The third-order valence-corrected chi connectivity index (χ3v) is 6.43. The highest BCUT2D eigenvalue weighted by molar-refractivity contribution is 5.07. The van der Waals surface area contributed by atoms with Gasteiger partial charge in [-0.05, 0) is 32.6 Å². The molecule has 1 atom stereocenters. The smallest absolute Gasteiger partial charge is 0.0670 e. The molecule has 0 aromatic heterocycles. The van der Waals surface area contributed by atoms with Crippen molar-refractivity contribution in [3.8, 4) is 0 Å². The summed E-state index contributed by atoms with van der Waals surface area (Å²) < 4.78 is 5.60. The highest BCUT2D eigenvalue weighted by atomic mass is 16.5. The molecule has 122 valence electrons. The predicted octanol–water partition coefficient (Wildman–Crippen LogP) is 3.33. The largest absolute Gasteiger partial charge is 0.380 e. The van der Waals surface area contributed by atoms with Crippen molar-refractivity contribution < 1.29 is 4.74 Å². The maximum atomic E-state index is 5.60. The average molecular weight is 294 g/mol. The van der Waals surface area contributed by atoms with Crippen LogP contribution in [-0.2, 0) is 4.74 Å². The minimum Gasteiger partial charge on any atom is -0.380 e. The van der Waals surface area contributed by atoms with Gasteiger partial charge in [-0.3, -0.25) is 4.90 Å². The summed E-state index contributed by atoms with van der Waals surface area (Å²) in [5.41, 5.74) is 0.835. The normalized spacial score (nSPS) is 30.6. The first kappa shape index (κ1) is 15.8. The monoisotopic (exact) mass is 294 g/mol. The third kappa shape index (κ3) is 3.30. The van der Waals surface area contributed by atoms with Crippen molar-refractivity contribution in [1.82, 2.24) is 10.2 Å². The summed E-state index contributed by atoms with van der Waals surface area (Å²) in [5.74, 6) is 0. The number of piperazine rings is 1. The van der Waals surface area contributed by atoms with E-state index in [-0.39, 0.29) is 0 Å². The number of ether oxygens (including phenoxy) is 1. The Balaban J connectivity index is 1.75. The molecule has 2 spiro atoms. The van der Waals surface area contributed by atoms with E-state index in [1.807, 2.05) is 7.11 Å². The van der Waals surface area contributed by atoms with Crippen LogP contribution in [0.1, 0.15) is 71.1 Å². The van der Waals surface area contributed by atoms with Crippen molar-refractivity contribution in [2.75, 3.05) is 26.7 Å². The summed E-state index contributed by atoms with van der Waals surface area (Å²) in [6.07, 6.45) is 14.4. The van der Waals surface area contributed by atoms with Gasteiger partial charge in [-0.15, -0.1) is 0 Å². The van der Waals surface area contributed by atoms with Gasteiger partial charge in [-0.25, -0.2) is 0 Å². The van der Waals surface area contributed by atoms with Gasteiger partial charge in [0.2, 0.25) is 0 Å². The molecule has 3 fully saturated rings. The molecule has 3 rings (SSSR count). The van der Waals surface area contributed by atoms with E-state index in [9.17, 15) is 0 Å². The first-order chi connectivity index (χ1) is 10.2. The Hall–Kier alpha value is -0.120. The second-order valence-electron chi connectivity index (χ2n) is 7.91. The summed E-state index contributed by atoms with van der Waals surface area (Å²) in [7, 11) is 1.86. The lowest BCUT2D eigenvalue weighted by Crippen LogP contribution is -2.71. The molecule has 1 N–H and O–H groups in total. The summed E-state index contributed by atoms with van der Waals surface area (Å²) in [5, 5.41) is 4.03. The molecule has 1 aliphatic heterocycles. The lowest BCUT2D eigenvalue weighted by molar-refractivity contribution is -0.0545. The maximum Gasteiger partial charge on any atom is 0.0670 e. The number of rotatable bonds is 3. The fraction of sp³-hybridized carbons (Fsp3) is 1.00. The van der Waals surface area contributed by atoms with Gasteiger partial charge >= 0.3 is 0 Å². The van der Waals surface area contributed by atoms with Gasteiger partial charge in [0.25, 0.3) is 0 Å². The molecular formula is C18H34N2O. The molecule has 2 aliphatic carbocycles. The van der Waals surface area contributed by atoms with Gasteiger partial charge in [-0.2, -0.15) is 0 Å². The Labute approximate surface area is 130 Å². The van der Waals surface area contributed by atoms with Crippen LogP contribution in [0.15, 0.2) is 0 Å². The van der Waals surface area contributed by atoms with Gasteiger partial charge < -0.3 is 10.1 Å². The molecule has 1 heterocycles. The van der Waals surface area contributed by atoms with Crippen LogP contribution in [0.2, 0.25) is 0 Å². The van der Waals surface area contributed by atoms with Crippen LogP contribution in [0.5, 0.6) is 0 Å². The van der Waals surface area contributed by atoms with Crippen LogP contribution in [0, 0.1) is 0 Å². The SMILES string of the molecule is COC(C)CN1CC2(CCCCC2)NCC12CCCCC2. The van der Waals surface area contributed by atoms with Crippen LogP contribution < -0.4 is 5.32 Å². The van der Waals surface area contributed by atoms with E-state index in [2.05, 4.69) is 17.1 Å². The fourth-order valence-electron chi connectivity index (χ4n) is 4.96. The number of nitrogens with zero attached hydrogens (tertiary/aromatic N) is 1. The van der Waals surface area contributed by atoms with Crippen LogP contribution in [0.3, 0.4) is 0 Å². The minimum absolute atomic E-state index is 0.350. The molecule has 3 aliphatic rings. The predicted molar refractivity (Wildman–Crippen MR) is 87.7 cm³/mol. The van der Waals surface area contributed by atoms with Crippen LogP contribution in [0.4, 0.5) is 0 Å². The van der Waals surface area contributed by atoms with E-state index in [0.717, 1.165) is 6.54 Å². The highest BCUT2D eigenvalue weighted by Crippen LogP contribution is 2.41. The number of hydrogen-bond donors (Lipinski definition) is 1. The summed E-state index contributed by atoms with van der Waals surface area (Å²) >= 11 is 0. The van der Waals surface area contributed by atoms with Gasteiger partial charge in [-0.1, -0.05) is 38.5 Å². The Kier molecular flexibility index (Phi) is 4.92. The zero-order valence-electron chi connectivity index (χ0n) is 14.1. The molecule has 21 heavy (non-hydrogen) atoms. The topological polar surface area (TPSA) is 24.5 Å². The molecular weight excluding hydrogens is 260 g/mol. The molecule has 0 aromatic rings. The number of hydrogen-bond acceptors (Lipinski definition) is 3. The molecule has 3 heteroatoms. The number of nitrogens with one attached hydrogen (secondary N) is 1. The van der Waals surface area contributed by atoms with Crippen molar-refractivity contribution in [2.45, 2.75) is 88.3 Å². The van der Waals surface area contributed by atoms with Crippen molar-refractivity contribution in [3.05, 3.63) is 0 Å². The maximum absolute atomic E-state index is 5.60. The van der Waals surface area contributed by atoms with Gasteiger partial charge in [0.1, 0.15) is 0 Å². The molecule has 1 unspecified atom stereocenters. The summed E-state index contributed by atoms with van der Waals surface area (Å²) in [4.78, 5) is 2.84. The summed E-state index contributed by atoms with van der Waals surface area (Å²) in [6.45, 7) is 5.80. The van der Waals surface area contributed by atoms with E-state index in [4.69, 9.17) is 4.74 Å². The highest BCUT2D eigenvalue weighted by Gasteiger charge is 2.48. The molecule has 0 radical (unpaired) electrons. The molecule has 0 aromatic carbocycles. The first-order valence-corrected chi connectivity index (χ1v) is 9.21. The van der Waals surface area contributed by atoms with Crippen LogP contribution >= 0.6 is 0 Å². The Morgan fingerprint density at radius 3 is 2.24 bits per heavy atom. The number of methoxy groups -OCH3 is 1. The Bertz CT molecular complexity index is 332. The Morgan fingerprint density at radius 2 is 1.62 bits per heavy atom. The zero-order valence-corrected chi connectivity index (χ0v) is 14.1. The van der Waals surface area contributed by atoms with Gasteiger partial charge in [0.15, 0.2) is 0 Å². The van der Waals surface area contributed by atoms with Crippen LogP contribution in [-0.4, -0.2) is 48.8 Å². The lowest BCUT2D eigenvalue weighted by atomic mass is 9.72. The molecule has 0 amide bonds. The van der Waals surface area contributed by atoms with Crippen molar-refractivity contribution >= 4 is 0 Å². The molecule has 0 bridgehead atoms. The second-order valence-corrected chi connectivity index (χ2v) is 7.91. The van der Waals surface area contributed by atoms with Gasteiger partial charge in [0.05, 0.1) is 6.10 Å². The molecule has 3 nitrogen and oxygen atoms in total. The van der Waals surface area contributed by atoms with Crippen molar-refractivity contribution in [3.63, 3.8) is 0 Å². The second kappa shape index (κ2) is 6.55. The zero-order chi connectivity index (χ0) is 14.8. The summed E-state index contributed by atoms with van der Waals surface area (Å²) in [6, 6.07) is 0. The average Bonchev–Trinajstić information content (AvgIpc) is 2.53. The lowest BCUT2D eigenvalue weighted by Gasteiger charge is -2.57. The van der Waals surface area contributed by atoms with E-state index in [0.29, 0.717) is 17.2 Å². The standard InChI is InChI=1S/C18H34N2O/c1-16(21-2)13-20-15-17(9-5-3-6-10-17)19-14-18(20)11-7-4-8-12-18/h16,19H,3-15H2,1-2H3. The first-order valence-electron chi connectivity index (χ1n) is 9.21. The quantitative estimate of drug-likeness (QED) is 0.864. The van der Waals surface area contributed by atoms with Crippen molar-refractivity contribution in [2.24, 2.45) is 0 Å². The third-order valence-electron chi connectivity index (χ3n) is 6.43. The van der Waals surface area contributed by atoms with Gasteiger partial charge in [0, 0.05) is 37.8 Å². The minimum atomic E-state index is 0.350. The molecule has 2 saturated carbocycles. The van der Waals surface area contributed by atoms with Crippen LogP contribution in [0.25, 0.3) is 0 Å². The van der Waals surface area contributed by atoms with E-state index < -0.39 is 0 Å². The van der Waals surface area contributed by atoms with E-state index in [1.54, 1.807) is 0 Å². The fourth-order valence-corrected chi connectivity index (χ4v) is 4.96. The van der Waals surface area contributed by atoms with E-state index >= 15 is 0 Å². The van der Waals surface area contributed by atoms with Crippen molar-refractivity contribution in [1.29, 1.82) is 0 Å². The van der Waals surface area contributed by atoms with E-state index in [1.165, 1.54) is 77.3 Å². The molecule has 1 saturated heterocycles. The Morgan fingerprint density at radius 1 is 1.00 bits per heavy atom.